The zero-order valence-electron chi connectivity index (χ0n) is 11.3. The lowest BCUT2D eigenvalue weighted by Crippen LogP contribution is -2.17. The molecule has 0 bridgehead atoms. The molecule has 2 aromatic carbocycles. The molecule has 1 N–H and O–H groups in total. The van der Waals surface area contributed by atoms with Crippen LogP contribution in [-0.4, -0.2) is 0 Å². The lowest BCUT2D eigenvalue weighted by molar-refractivity contribution is 0.562. The van der Waals surface area contributed by atoms with Gasteiger partial charge in [-0.1, -0.05) is 46.3 Å². The van der Waals surface area contributed by atoms with E-state index in [-0.39, 0.29) is 0 Å². The smallest absolute Gasteiger partial charge is 0.134 e. The van der Waals surface area contributed by atoms with Gasteiger partial charge in [0.2, 0.25) is 0 Å². The van der Waals surface area contributed by atoms with Crippen molar-refractivity contribution in [3.8, 4) is 0 Å². The van der Waals surface area contributed by atoms with Crippen molar-refractivity contribution in [2.24, 2.45) is 0 Å². The first-order valence-corrected chi connectivity index (χ1v) is 7.47. The van der Waals surface area contributed by atoms with E-state index < -0.39 is 0 Å². The summed E-state index contributed by atoms with van der Waals surface area (Å²) in [5, 5.41) is 4.72. The predicted octanol–water partition coefficient (Wildman–Crippen LogP) is 5.05. The summed E-state index contributed by atoms with van der Waals surface area (Å²) in [5.74, 6) is 0. The van der Waals surface area contributed by atoms with E-state index in [4.69, 9.17) is 4.42 Å². The van der Waals surface area contributed by atoms with Gasteiger partial charge in [-0.25, -0.2) is 0 Å². The third-order valence-corrected chi connectivity index (χ3v) is 4.06. The highest BCUT2D eigenvalue weighted by Crippen LogP contribution is 2.22. The van der Waals surface area contributed by atoms with Crippen LogP contribution in [0.2, 0.25) is 0 Å². The predicted molar refractivity (Wildman–Crippen MR) is 85.6 cm³/mol. The number of para-hydroxylation sites is 1. The molecular formula is C17H16BrNO. The van der Waals surface area contributed by atoms with Crippen molar-refractivity contribution >= 4 is 26.9 Å². The van der Waals surface area contributed by atoms with Crippen molar-refractivity contribution < 1.29 is 4.42 Å². The molecule has 0 radical (unpaired) electrons. The van der Waals surface area contributed by atoms with Crippen LogP contribution in [0.15, 0.2) is 63.7 Å². The topological polar surface area (TPSA) is 25.2 Å². The van der Waals surface area contributed by atoms with E-state index in [0.717, 1.165) is 16.6 Å². The molecule has 0 amide bonds. The van der Waals surface area contributed by atoms with Crippen molar-refractivity contribution in [2.75, 3.05) is 0 Å². The van der Waals surface area contributed by atoms with Gasteiger partial charge in [-0.15, -0.1) is 0 Å². The molecule has 0 unspecified atom stereocenters. The maximum atomic E-state index is 5.56. The summed E-state index contributed by atoms with van der Waals surface area (Å²) in [6, 6.07) is 16.8. The minimum absolute atomic E-state index is 0.303. The Labute approximate surface area is 126 Å². The molecule has 0 saturated heterocycles. The molecule has 1 atom stereocenters. The van der Waals surface area contributed by atoms with Gasteiger partial charge in [0, 0.05) is 28.0 Å². The van der Waals surface area contributed by atoms with Gasteiger partial charge in [0.25, 0.3) is 0 Å². The molecule has 0 fully saturated rings. The van der Waals surface area contributed by atoms with Crippen LogP contribution < -0.4 is 5.32 Å². The normalized spacial score (nSPS) is 12.7. The van der Waals surface area contributed by atoms with Crippen molar-refractivity contribution in [3.05, 3.63) is 70.4 Å². The molecule has 0 spiro atoms. The van der Waals surface area contributed by atoms with Crippen molar-refractivity contribution in [1.82, 2.24) is 5.32 Å². The van der Waals surface area contributed by atoms with Crippen molar-refractivity contribution in [3.63, 3.8) is 0 Å². The average Bonchev–Trinajstić information content (AvgIpc) is 2.89. The van der Waals surface area contributed by atoms with Gasteiger partial charge in [0.15, 0.2) is 0 Å². The van der Waals surface area contributed by atoms with E-state index in [1.54, 1.807) is 0 Å². The van der Waals surface area contributed by atoms with Gasteiger partial charge >= 0.3 is 0 Å². The van der Waals surface area contributed by atoms with Crippen LogP contribution in [0.1, 0.15) is 24.1 Å². The number of nitrogens with one attached hydrogen (secondary N) is 1. The third-order valence-electron chi connectivity index (χ3n) is 3.53. The minimum atomic E-state index is 0.303. The Balaban J connectivity index is 1.71. The van der Waals surface area contributed by atoms with Crippen LogP contribution in [0.25, 0.3) is 11.0 Å². The Morgan fingerprint density at radius 1 is 1.10 bits per heavy atom. The Kier molecular flexibility index (Phi) is 3.90. The largest absolute Gasteiger partial charge is 0.464 e. The van der Waals surface area contributed by atoms with E-state index >= 15 is 0 Å². The molecule has 2 nitrogen and oxygen atoms in total. The number of rotatable bonds is 4. The summed E-state index contributed by atoms with van der Waals surface area (Å²) >= 11 is 3.46. The highest BCUT2D eigenvalue weighted by atomic mass is 79.9. The second-order valence-electron chi connectivity index (χ2n) is 4.91. The first-order chi connectivity index (χ1) is 9.74. The number of furan rings is 1. The minimum Gasteiger partial charge on any atom is -0.464 e. The van der Waals surface area contributed by atoms with Crippen LogP contribution in [0.3, 0.4) is 0 Å². The first-order valence-electron chi connectivity index (χ1n) is 6.68. The molecule has 3 aromatic rings. The van der Waals surface area contributed by atoms with E-state index in [1.165, 1.54) is 16.5 Å². The lowest BCUT2D eigenvalue weighted by Gasteiger charge is -2.13. The van der Waals surface area contributed by atoms with E-state index in [0.29, 0.717) is 6.04 Å². The highest BCUT2D eigenvalue weighted by molar-refractivity contribution is 9.10. The number of fused-ring (bicyclic) bond motifs is 1. The molecule has 1 heterocycles. The summed E-state index contributed by atoms with van der Waals surface area (Å²) in [6.07, 6.45) is 1.84. The maximum Gasteiger partial charge on any atom is 0.134 e. The summed E-state index contributed by atoms with van der Waals surface area (Å²) in [6.45, 7) is 2.97. The van der Waals surface area contributed by atoms with Gasteiger partial charge in [0.1, 0.15) is 5.58 Å². The first kappa shape index (κ1) is 13.4. The fraction of sp³-hybridized carbons (Fsp3) is 0.176. The fourth-order valence-corrected chi connectivity index (χ4v) is 2.57. The number of hydrogen-bond acceptors (Lipinski definition) is 2. The van der Waals surface area contributed by atoms with Gasteiger partial charge in [0.05, 0.1) is 6.26 Å². The third kappa shape index (κ3) is 2.79. The molecule has 3 heteroatoms. The van der Waals surface area contributed by atoms with Gasteiger partial charge < -0.3 is 9.73 Å². The van der Waals surface area contributed by atoms with E-state index in [1.807, 2.05) is 24.5 Å². The molecule has 0 saturated carbocycles. The van der Waals surface area contributed by atoms with Gasteiger partial charge in [-0.2, -0.15) is 0 Å². The van der Waals surface area contributed by atoms with Crippen LogP contribution in [-0.2, 0) is 6.54 Å². The van der Waals surface area contributed by atoms with Gasteiger partial charge in [-0.05, 0) is 30.7 Å². The molecule has 1 aromatic heterocycles. The van der Waals surface area contributed by atoms with E-state index in [2.05, 4.69) is 58.5 Å². The number of halogens is 1. The maximum absolute atomic E-state index is 5.56. The van der Waals surface area contributed by atoms with E-state index in [9.17, 15) is 0 Å². The zero-order valence-corrected chi connectivity index (χ0v) is 12.9. The second kappa shape index (κ2) is 5.81. The molecule has 3 rings (SSSR count). The SMILES string of the molecule is C[C@H](NCc1coc2ccccc12)c1ccc(Br)cc1. The molecule has 0 aliphatic rings. The summed E-state index contributed by atoms with van der Waals surface area (Å²) < 4.78 is 6.66. The van der Waals surface area contributed by atoms with Crippen molar-refractivity contribution in [1.29, 1.82) is 0 Å². The Bertz CT molecular complexity index is 702. The summed E-state index contributed by atoms with van der Waals surface area (Å²) in [7, 11) is 0. The van der Waals surface area contributed by atoms with Crippen LogP contribution in [0.4, 0.5) is 0 Å². The number of benzene rings is 2. The Hall–Kier alpha value is -1.58. The molecule has 102 valence electrons. The lowest BCUT2D eigenvalue weighted by atomic mass is 10.1. The Morgan fingerprint density at radius 2 is 1.85 bits per heavy atom. The highest BCUT2D eigenvalue weighted by Gasteiger charge is 2.08. The number of hydrogen-bond donors (Lipinski definition) is 1. The van der Waals surface area contributed by atoms with Crippen LogP contribution >= 0.6 is 15.9 Å². The molecular weight excluding hydrogens is 314 g/mol. The van der Waals surface area contributed by atoms with Gasteiger partial charge in [-0.3, -0.25) is 0 Å². The zero-order chi connectivity index (χ0) is 13.9. The monoisotopic (exact) mass is 329 g/mol. The van der Waals surface area contributed by atoms with Crippen molar-refractivity contribution in [2.45, 2.75) is 19.5 Å². The molecule has 20 heavy (non-hydrogen) atoms. The average molecular weight is 330 g/mol. The summed E-state index contributed by atoms with van der Waals surface area (Å²) in [5.41, 5.74) is 3.42. The van der Waals surface area contributed by atoms with Crippen LogP contribution in [0, 0.1) is 0 Å². The Morgan fingerprint density at radius 3 is 2.65 bits per heavy atom. The fourth-order valence-electron chi connectivity index (χ4n) is 2.30. The molecule has 0 aliphatic carbocycles. The summed E-state index contributed by atoms with van der Waals surface area (Å²) in [4.78, 5) is 0. The standard InChI is InChI=1S/C17H16BrNO/c1-12(13-6-8-15(18)9-7-13)19-10-14-11-20-17-5-3-2-4-16(14)17/h2-9,11-12,19H,10H2,1H3/t12-/m0/s1. The van der Waals surface area contributed by atoms with Crippen LogP contribution in [0.5, 0.6) is 0 Å². The second-order valence-corrected chi connectivity index (χ2v) is 5.83. The quantitative estimate of drug-likeness (QED) is 0.724. The molecule has 0 aliphatic heterocycles.